The number of halogens is 4. The van der Waals surface area contributed by atoms with E-state index in [1.807, 2.05) is 0 Å². The summed E-state index contributed by atoms with van der Waals surface area (Å²) in [5, 5.41) is 3.10. The van der Waals surface area contributed by atoms with E-state index in [0.29, 0.717) is 37.5 Å². The van der Waals surface area contributed by atoms with Crippen LogP contribution in [0, 0.1) is 5.41 Å². The van der Waals surface area contributed by atoms with Crippen molar-refractivity contribution >= 4 is 29.0 Å². The van der Waals surface area contributed by atoms with Crippen LogP contribution in [0.3, 0.4) is 0 Å². The summed E-state index contributed by atoms with van der Waals surface area (Å²) in [4.78, 5) is 23.5. The first-order valence-electron chi connectivity index (χ1n) is 10.3. The SMILES string of the molecule is Nc1cc(CNc2nc(Cl)nc3c2CN(C(=O)C24COC(C2)C4)CC3)cc(C(F)(F)F)c1. The zero-order valence-corrected chi connectivity index (χ0v) is 17.8. The Bertz CT molecular complexity index is 1080. The Kier molecular flexibility index (Phi) is 4.97. The van der Waals surface area contributed by atoms with E-state index in [2.05, 4.69) is 15.3 Å². The summed E-state index contributed by atoms with van der Waals surface area (Å²) in [6.07, 6.45) is -2.26. The molecule has 2 saturated heterocycles. The normalized spacial score (nSPS) is 24.1. The van der Waals surface area contributed by atoms with Crippen molar-refractivity contribution in [2.75, 3.05) is 24.2 Å². The number of hydrogen-bond donors (Lipinski definition) is 2. The van der Waals surface area contributed by atoms with Crippen molar-refractivity contribution in [3.63, 3.8) is 0 Å². The van der Waals surface area contributed by atoms with E-state index in [1.165, 1.54) is 6.07 Å². The first-order valence-corrected chi connectivity index (χ1v) is 10.7. The van der Waals surface area contributed by atoms with Gasteiger partial charge in [-0.2, -0.15) is 13.2 Å². The zero-order chi connectivity index (χ0) is 22.7. The van der Waals surface area contributed by atoms with Crippen LogP contribution in [0.1, 0.15) is 35.2 Å². The number of fused-ring (bicyclic) bond motifs is 2. The second-order valence-electron chi connectivity index (χ2n) is 8.68. The lowest BCUT2D eigenvalue weighted by Crippen LogP contribution is -2.50. The Morgan fingerprint density at radius 3 is 2.78 bits per heavy atom. The molecule has 1 aromatic carbocycles. The number of ether oxygens (including phenoxy) is 1. The number of nitrogens with two attached hydrogens (primary N) is 1. The summed E-state index contributed by atoms with van der Waals surface area (Å²) < 4.78 is 44.9. The molecule has 6 rings (SSSR count). The van der Waals surface area contributed by atoms with Gasteiger partial charge in [0.1, 0.15) is 5.82 Å². The number of nitrogens with one attached hydrogen (secondary N) is 1. The predicted octanol–water partition coefficient (Wildman–Crippen LogP) is 3.41. The quantitative estimate of drug-likeness (QED) is 0.529. The van der Waals surface area contributed by atoms with E-state index in [0.717, 1.165) is 36.2 Å². The molecule has 4 heterocycles. The molecule has 0 atom stereocenters. The third-order valence-corrected chi connectivity index (χ3v) is 6.58. The number of aromatic nitrogens is 2. The average Bonchev–Trinajstić information content (AvgIpc) is 3.32. The molecule has 1 aliphatic carbocycles. The van der Waals surface area contributed by atoms with Crippen molar-refractivity contribution in [3.8, 4) is 0 Å². The molecule has 3 N–H and O–H groups in total. The number of carbonyl (C=O) groups excluding carboxylic acids is 1. The van der Waals surface area contributed by atoms with E-state index < -0.39 is 17.2 Å². The van der Waals surface area contributed by atoms with Gasteiger partial charge in [-0.3, -0.25) is 4.79 Å². The van der Waals surface area contributed by atoms with Crippen LogP contribution in [0.15, 0.2) is 18.2 Å². The van der Waals surface area contributed by atoms with Gasteiger partial charge in [0.2, 0.25) is 11.2 Å². The summed E-state index contributed by atoms with van der Waals surface area (Å²) in [6, 6.07) is 3.41. The second kappa shape index (κ2) is 7.48. The molecule has 0 radical (unpaired) electrons. The lowest BCUT2D eigenvalue weighted by Gasteiger charge is -2.40. The Morgan fingerprint density at radius 2 is 2.09 bits per heavy atom. The van der Waals surface area contributed by atoms with Crippen LogP contribution < -0.4 is 11.1 Å². The maximum atomic E-state index is 13.1. The molecule has 4 aliphatic rings. The fourth-order valence-corrected chi connectivity index (χ4v) is 4.96. The minimum Gasteiger partial charge on any atom is -0.399 e. The van der Waals surface area contributed by atoms with Crippen LogP contribution in [0.25, 0.3) is 0 Å². The topological polar surface area (TPSA) is 93.4 Å². The van der Waals surface area contributed by atoms with E-state index in [-0.39, 0.29) is 29.5 Å². The highest BCUT2D eigenvalue weighted by molar-refractivity contribution is 6.28. The Labute approximate surface area is 187 Å². The molecule has 32 heavy (non-hydrogen) atoms. The fourth-order valence-electron chi connectivity index (χ4n) is 4.77. The van der Waals surface area contributed by atoms with Gasteiger partial charge in [-0.1, -0.05) is 0 Å². The summed E-state index contributed by atoms with van der Waals surface area (Å²) in [7, 11) is 0. The molecule has 1 saturated carbocycles. The number of benzene rings is 1. The van der Waals surface area contributed by atoms with Crippen LogP contribution in [-0.2, 0) is 35.2 Å². The van der Waals surface area contributed by atoms with Gasteiger partial charge in [0.15, 0.2) is 0 Å². The molecule has 0 unspecified atom stereocenters. The zero-order valence-electron chi connectivity index (χ0n) is 17.0. The highest BCUT2D eigenvalue weighted by atomic mass is 35.5. The maximum Gasteiger partial charge on any atom is 0.416 e. The minimum atomic E-state index is -4.49. The van der Waals surface area contributed by atoms with Crippen molar-refractivity contribution in [2.24, 2.45) is 5.41 Å². The van der Waals surface area contributed by atoms with Gasteiger partial charge >= 0.3 is 6.18 Å². The van der Waals surface area contributed by atoms with Gasteiger partial charge in [0, 0.05) is 30.8 Å². The molecule has 1 aromatic heterocycles. The molecular formula is C21H21ClF3N5O2. The number of alkyl halides is 3. The van der Waals surface area contributed by atoms with Gasteiger partial charge in [-0.05, 0) is 48.2 Å². The van der Waals surface area contributed by atoms with Crippen LogP contribution in [0.2, 0.25) is 5.28 Å². The van der Waals surface area contributed by atoms with Crippen LogP contribution >= 0.6 is 11.6 Å². The summed E-state index contributed by atoms with van der Waals surface area (Å²) in [6.45, 7) is 1.35. The smallest absolute Gasteiger partial charge is 0.399 e. The number of amides is 1. The van der Waals surface area contributed by atoms with E-state index >= 15 is 0 Å². The third kappa shape index (κ3) is 3.75. The van der Waals surface area contributed by atoms with E-state index in [9.17, 15) is 18.0 Å². The average molecular weight is 468 g/mol. The Balaban J connectivity index is 1.37. The lowest BCUT2D eigenvalue weighted by atomic mass is 9.69. The molecule has 2 aromatic rings. The summed E-state index contributed by atoms with van der Waals surface area (Å²) in [5.74, 6) is 0.476. The van der Waals surface area contributed by atoms with Crippen LogP contribution in [-0.4, -0.2) is 40.0 Å². The molecule has 0 spiro atoms. The largest absolute Gasteiger partial charge is 0.416 e. The molecule has 7 nitrogen and oxygen atoms in total. The first kappa shape index (κ1) is 21.3. The molecular weight excluding hydrogens is 447 g/mol. The van der Waals surface area contributed by atoms with Crippen molar-refractivity contribution < 1.29 is 22.7 Å². The maximum absolute atomic E-state index is 13.1. The van der Waals surface area contributed by atoms with Crippen LogP contribution in [0.5, 0.6) is 0 Å². The highest BCUT2D eigenvalue weighted by Gasteiger charge is 2.58. The van der Waals surface area contributed by atoms with Crippen LogP contribution in [0.4, 0.5) is 24.7 Å². The fraction of sp³-hybridized carbons (Fsp3) is 0.476. The van der Waals surface area contributed by atoms with Gasteiger partial charge in [0.05, 0.1) is 35.9 Å². The minimum absolute atomic E-state index is 0.0213. The van der Waals surface area contributed by atoms with Gasteiger partial charge in [0.25, 0.3) is 0 Å². The third-order valence-electron chi connectivity index (χ3n) is 6.41. The number of hydrogen-bond acceptors (Lipinski definition) is 6. The van der Waals surface area contributed by atoms with Crippen molar-refractivity contribution in [2.45, 2.75) is 44.6 Å². The number of nitrogen functional groups attached to an aromatic ring is 1. The second-order valence-corrected chi connectivity index (χ2v) is 9.02. The molecule has 1 amide bonds. The Morgan fingerprint density at radius 1 is 1.31 bits per heavy atom. The number of nitrogens with zero attached hydrogens (tertiary/aromatic N) is 3. The number of anilines is 2. The van der Waals surface area contributed by atoms with Crippen molar-refractivity contribution in [3.05, 3.63) is 45.9 Å². The molecule has 2 bridgehead atoms. The number of carbonyl (C=O) groups is 1. The van der Waals surface area contributed by atoms with Gasteiger partial charge < -0.3 is 20.7 Å². The summed E-state index contributed by atoms with van der Waals surface area (Å²) >= 11 is 6.08. The summed E-state index contributed by atoms with van der Waals surface area (Å²) in [5.41, 5.74) is 6.25. The monoisotopic (exact) mass is 467 g/mol. The standard InChI is InChI=1S/C21H21ClF3N5O2/c22-19-28-16-1-2-30(18(31)20-6-14(7-20)32-10-20)9-15(16)17(29-19)27-8-11-3-12(21(23,24)25)5-13(26)4-11/h3-5,14H,1-2,6-10,26H2,(H,27,28,29). The molecule has 3 aliphatic heterocycles. The lowest BCUT2D eigenvalue weighted by molar-refractivity contribution is -0.145. The van der Waals surface area contributed by atoms with Gasteiger partial charge in [-0.25, -0.2) is 9.97 Å². The van der Waals surface area contributed by atoms with Crippen molar-refractivity contribution in [1.82, 2.24) is 14.9 Å². The highest BCUT2D eigenvalue weighted by Crippen LogP contribution is 2.51. The number of rotatable bonds is 4. The first-order chi connectivity index (χ1) is 15.1. The van der Waals surface area contributed by atoms with Crippen molar-refractivity contribution in [1.29, 1.82) is 0 Å². The molecule has 3 fully saturated rings. The molecule has 170 valence electrons. The van der Waals surface area contributed by atoms with E-state index in [4.69, 9.17) is 22.1 Å². The van der Waals surface area contributed by atoms with E-state index in [1.54, 1.807) is 4.90 Å². The van der Waals surface area contributed by atoms with Gasteiger partial charge in [-0.15, -0.1) is 0 Å². The molecule has 11 heteroatoms. The predicted molar refractivity (Wildman–Crippen MR) is 111 cm³/mol. The Hall–Kier alpha value is -2.59.